The first-order chi connectivity index (χ1) is 18.5. The highest BCUT2D eigenvalue weighted by Crippen LogP contribution is 2.39. The number of halogens is 2. The fourth-order valence-electron chi connectivity index (χ4n) is 7.38. The van der Waals surface area contributed by atoms with E-state index in [4.69, 9.17) is 23.2 Å². The highest BCUT2D eigenvalue weighted by Gasteiger charge is 2.52. The van der Waals surface area contributed by atoms with Gasteiger partial charge in [0, 0.05) is 9.00 Å². The van der Waals surface area contributed by atoms with Gasteiger partial charge >= 0.3 is 0 Å². The van der Waals surface area contributed by atoms with Crippen molar-refractivity contribution in [2.75, 3.05) is 0 Å². The van der Waals surface area contributed by atoms with Gasteiger partial charge in [-0.3, -0.25) is 0 Å². The van der Waals surface area contributed by atoms with Crippen molar-refractivity contribution in [3.63, 3.8) is 0 Å². The van der Waals surface area contributed by atoms with Gasteiger partial charge in [-0.1, -0.05) is 123 Å². The lowest BCUT2D eigenvalue weighted by molar-refractivity contribution is 1.06. The van der Waals surface area contributed by atoms with Gasteiger partial charge in [0.2, 0.25) is 0 Å². The molecule has 0 bridgehead atoms. The molecule has 190 valence electrons. The minimum absolute atomic E-state index is 0.893. The molecular formula is C32H28Cl2S2Si2. The minimum Gasteiger partial charge on any atom is -0.132 e. The van der Waals surface area contributed by atoms with E-state index in [1.165, 1.54) is 43.3 Å². The third-order valence-electron chi connectivity index (χ3n) is 8.67. The van der Waals surface area contributed by atoms with Gasteiger partial charge < -0.3 is 0 Å². The van der Waals surface area contributed by atoms with Crippen LogP contribution in [0.25, 0.3) is 22.3 Å². The first-order valence-corrected chi connectivity index (χ1v) is 20.2. The summed E-state index contributed by atoms with van der Waals surface area (Å²) in [6.07, 6.45) is 2.32. The molecule has 38 heavy (non-hydrogen) atoms. The van der Waals surface area contributed by atoms with E-state index in [2.05, 4.69) is 98.8 Å². The molecule has 0 radical (unpaired) electrons. The molecule has 2 aliphatic heterocycles. The smallest absolute Gasteiger partial charge is 0.132 e. The number of hydrogen-bond donors (Lipinski definition) is 0. The van der Waals surface area contributed by atoms with Crippen molar-refractivity contribution in [1.29, 1.82) is 0 Å². The van der Waals surface area contributed by atoms with Gasteiger partial charge in [-0.05, 0) is 67.2 Å². The third kappa shape index (κ3) is 3.31. The van der Waals surface area contributed by atoms with Crippen LogP contribution >= 0.6 is 45.9 Å². The van der Waals surface area contributed by atoms with Crippen LogP contribution in [-0.2, 0) is 0 Å². The van der Waals surface area contributed by atoms with Gasteiger partial charge in [0.15, 0.2) is 16.1 Å². The summed E-state index contributed by atoms with van der Waals surface area (Å²) in [5, 5.41) is 6.29. The van der Waals surface area contributed by atoms with Crippen LogP contribution in [0.3, 0.4) is 0 Å². The number of benzene rings is 3. The van der Waals surface area contributed by atoms with Gasteiger partial charge in [0.1, 0.15) is 0 Å². The van der Waals surface area contributed by atoms with E-state index in [0.717, 1.165) is 21.5 Å². The monoisotopic (exact) mass is 602 g/mol. The largest absolute Gasteiger partial charge is 0.161 e. The zero-order valence-corrected chi connectivity index (χ0v) is 26.6. The van der Waals surface area contributed by atoms with E-state index in [0.29, 0.717) is 0 Å². The number of thiophene rings is 2. The van der Waals surface area contributed by atoms with E-state index >= 15 is 0 Å². The van der Waals surface area contributed by atoms with Crippen LogP contribution in [0.15, 0.2) is 84.9 Å². The molecule has 3 aromatic carbocycles. The molecule has 0 aliphatic carbocycles. The molecule has 4 heterocycles. The second-order valence-corrected chi connectivity index (χ2v) is 22.6. The van der Waals surface area contributed by atoms with Crippen molar-refractivity contribution in [3.8, 4) is 22.3 Å². The quantitative estimate of drug-likeness (QED) is 0.187. The second-order valence-electron chi connectivity index (χ2n) is 10.6. The van der Waals surface area contributed by atoms with E-state index in [1.807, 2.05) is 0 Å². The standard InChI is InChI=1S/C32H28Cl2S2Si2/c1-3-17-37(31-15-13-29(33)35-31)25-11-7-5-9-21(25)23-20-28-24(19-27(23)37)22-10-6-8-12-26(22)38(28,18-4-2)32-16-14-30(34)36-32/h5-16,19-20H,3-4,17-18H2,1-2H3/t37-,38-/m0/s1. The average Bonchev–Trinajstić information content (AvgIpc) is 3.69. The van der Waals surface area contributed by atoms with E-state index in [1.54, 1.807) is 43.4 Å². The van der Waals surface area contributed by atoms with E-state index in [9.17, 15) is 0 Å². The Hall–Kier alpha value is -1.93. The van der Waals surface area contributed by atoms with Gasteiger partial charge in [-0.25, -0.2) is 0 Å². The SMILES string of the molecule is CCC[Si@]1(c2ccc(Cl)s2)c2ccccc2-c2cc3c(cc21)-c1ccccc1[Si@]3(CCC)c1ccc(Cl)s1. The van der Waals surface area contributed by atoms with Crippen LogP contribution in [0, 0.1) is 0 Å². The summed E-state index contributed by atoms with van der Waals surface area (Å²) in [6, 6.07) is 35.0. The molecule has 0 unspecified atom stereocenters. The molecule has 2 atom stereocenters. The summed E-state index contributed by atoms with van der Waals surface area (Å²) in [5.41, 5.74) is 5.81. The predicted molar refractivity (Wildman–Crippen MR) is 175 cm³/mol. The van der Waals surface area contributed by atoms with Crippen molar-refractivity contribution in [1.82, 2.24) is 0 Å². The maximum atomic E-state index is 6.59. The zero-order chi connectivity index (χ0) is 26.1. The van der Waals surface area contributed by atoms with Crippen molar-refractivity contribution in [2.24, 2.45) is 0 Å². The summed E-state index contributed by atoms with van der Waals surface area (Å²) in [5.74, 6) is 0. The van der Waals surface area contributed by atoms with Crippen molar-refractivity contribution >= 4 is 91.8 Å². The van der Waals surface area contributed by atoms with Crippen LogP contribution in [0.4, 0.5) is 0 Å². The normalized spacial score (nSPS) is 20.7. The number of hydrogen-bond acceptors (Lipinski definition) is 2. The molecule has 0 N–H and O–H groups in total. The van der Waals surface area contributed by atoms with Crippen LogP contribution in [0.5, 0.6) is 0 Å². The molecule has 0 amide bonds. The lowest BCUT2D eigenvalue weighted by Crippen LogP contribution is -2.65. The first kappa shape index (κ1) is 25.1. The topological polar surface area (TPSA) is 0 Å². The van der Waals surface area contributed by atoms with Crippen LogP contribution < -0.4 is 29.7 Å². The third-order valence-corrected chi connectivity index (χ3v) is 23.4. The highest BCUT2D eigenvalue weighted by molar-refractivity contribution is 7.36. The second kappa shape index (κ2) is 9.33. The molecule has 7 rings (SSSR count). The lowest BCUT2D eigenvalue weighted by atomic mass is 10.0. The Morgan fingerprint density at radius 2 is 0.947 bits per heavy atom. The Morgan fingerprint density at radius 3 is 1.32 bits per heavy atom. The predicted octanol–water partition coefficient (Wildman–Crippen LogP) is 6.84. The Balaban J connectivity index is 1.60. The van der Waals surface area contributed by atoms with Crippen molar-refractivity contribution in [2.45, 2.75) is 38.8 Å². The molecule has 5 aromatic rings. The van der Waals surface area contributed by atoms with Gasteiger partial charge in [0.25, 0.3) is 0 Å². The molecule has 0 nitrogen and oxygen atoms in total. The fourth-order valence-corrected chi connectivity index (χ4v) is 23.0. The molecule has 0 saturated heterocycles. The molecule has 0 saturated carbocycles. The van der Waals surface area contributed by atoms with Gasteiger partial charge in [-0.15, -0.1) is 22.7 Å². The molecule has 0 spiro atoms. The molecule has 2 aromatic heterocycles. The van der Waals surface area contributed by atoms with Crippen LogP contribution in [0.2, 0.25) is 20.8 Å². The summed E-state index contributed by atoms with van der Waals surface area (Å²) < 4.78 is 4.77. The molecule has 2 aliphatic rings. The molecular weight excluding hydrogens is 576 g/mol. The Kier molecular flexibility index (Phi) is 6.15. The minimum atomic E-state index is -2.20. The maximum absolute atomic E-state index is 6.59. The van der Waals surface area contributed by atoms with E-state index < -0.39 is 16.1 Å². The highest BCUT2D eigenvalue weighted by atomic mass is 35.5. The van der Waals surface area contributed by atoms with Crippen molar-refractivity contribution < 1.29 is 0 Å². The van der Waals surface area contributed by atoms with E-state index in [-0.39, 0.29) is 0 Å². The number of rotatable bonds is 6. The zero-order valence-electron chi connectivity index (χ0n) is 21.5. The maximum Gasteiger partial charge on any atom is 0.161 e. The summed E-state index contributed by atoms with van der Waals surface area (Å²) in [4.78, 5) is 0. The summed E-state index contributed by atoms with van der Waals surface area (Å²) >= 11 is 16.8. The molecule has 0 fully saturated rings. The van der Waals surface area contributed by atoms with Crippen LogP contribution in [0.1, 0.15) is 26.7 Å². The lowest BCUT2D eigenvalue weighted by Gasteiger charge is -2.30. The Bertz CT molecular complexity index is 1580. The number of fused-ring (bicyclic) bond motifs is 6. The Morgan fingerprint density at radius 1 is 0.526 bits per heavy atom. The van der Waals surface area contributed by atoms with Crippen LogP contribution in [-0.4, -0.2) is 16.1 Å². The van der Waals surface area contributed by atoms with Gasteiger partial charge in [0.05, 0.1) is 8.67 Å². The summed E-state index contributed by atoms with van der Waals surface area (Å²) in [6.45, 7) is 4.68. The Labute approximate surface area is 244 Å². The van der Waals surface area contributed by atoms with Crippen molar-refractivity contribution in [3.05, 3.63) is 93.6 Å². The first-order valence-electron chi connectivity index (χ1n) is 13.4. The fraction of sp³-hybridized carbons (Fsp3) is 0.188. The molecule has 6 heteroatoms. The van der Waals surface area contributed by atoms with Gasteiger partial charge in [-0.2, -0.15) is 0 Å². The average molecular weight is 604 g/mol. The summed E-state index contributed by atoms with van der Waals surface area (Å²) in [7, 11) is -4.40.